The maximum absolute atomic E-state index is 13.7. The standard InChI is InChI=1S/C12H9F5N4O2S/c1-24-4-21-3-7(18-20-21)12(22)19-23-11(17)5-2-6(13)9(15)10(16)8(5)14/h2-3,11H,4H2,1H3,(H,19,22). The molecule has 12 heteroatoms. The Morgan fingerprint density at radius 2 is 2.04 bits per heavy atom. The second-order valence-corrected chi connectivity index (χ2v) is 5.15. The van der Waals surface area contributed by atoms with E-state index in [1.54, 1.807) is 11.7 Å². The maximum Gasteiger partial charge on any atom is 0.297 e. The van der Waals surface area contributed by atoms with Crippen LogP contribution >= 0.6 is 11.8 Å². The number of thioether (sulfide) groups is 1. The molecule has 1 aromatic carbocycles. The van der Waals surface area contributed by atoms with Gasteiger partial charge in [0.2, 0.25) is 0 Å². The van der Waals surface area contributed by atoms with Crippen LogP contribution in [-0.2, 0) is 10.7 Å². The second kappa shape index (κ2) is 7.57. The Bertz CT molecular complexity index is 757. The summed E-state index contributed by atoms with van der Waals surface area (Å²) in [6, 6.07) is 0.0827. The minimum absolute atomic E-state index is 0.0827. The third-order valence-corrected chi connectivity index (χ3v) is 3.19. The molecule has 0 radical (unpaired) electrons. The molecule has 0 aliphatic carbocycles. The van der Waals surface area contributed by atoms with E-state index >= 15 is 0 Å². The highest BCUT2D eigenvalue weighted by atomic mass is 32.2. The zero-order chi connectivity index (χ0) is 17.9. The summed E-state index contributed by atoms with van der Waals surface area (Å²) in [5.74, 6) is -8.66. The van der Waals surface area contributed by atoms with Crippen molar-refractivity contribution in [3.8, 4) is 0 Å². The van der Waals surface area contributed by atoms with Gasteiger partial charge in [-0.05, 0) is 12.3 Å². The van der Waals surface area contributed by atoms with Crippen LogP contribution < -0.4 is 5.48 Å². The number of carbonyl (C=O) groups excluding carboxylic acids is 1. The highest BCUT2D eigenvalue weighted by molar-refractivity contribution is 7.97. The predicted molar refractivity (Wildman–Crippen MR) is 72.2 cm³/mol. The number of hydroxylamine groups is 1. The minimum Gasteiger partial charge on any atom is -0.265 e. The van der Waals surface area contributed by atoms with E-state index in [1.165, 1.54) is 22.6 Å². The van der Waals surface area contributed by atoms with Gasteiger partial charge in [-0.2, -0.15) is 0 Å². The number of benzene rings is 1. The van der Waals surface area contributed by atoms with Gasteiger partial charge in [-0.25, -0.2) is 37.0 Å². The molecule has 130 valence electrons. The van der Waals surface area contributed by atoms with E-state index in [0.717, 1.165) is 0 Å². The molecule has 0 saturated heterocycles. The van der Waals surface area contributed by atoms with Crippen molar-refractivity contribution in [1.82, 2.24) is 20.5 Å². The molecular formula is C12H9F5N4O2S. The van der Waals surface area contributed by atoms with Gasteiger partial charge >= 0.3 is 0 Å². The molecule has 1 atom stereocenters. The molecule has 0 saturated carbocycles. The molecule has 0 aliphatic heterocycles. The summed E-state index contributed by atoms with van der Waals surface area (Å²) in [6.45, 7) is 0. The zero-order valence-corrected chi connectivity index (χ0v) is 12.7. The van der Waals surface area contributed by atoms with Crippen molar-refractivity contribution in [2.75, 3.05) is 6.26 Å². The third-order valence-electron chi connectivity index (χ3n) is 2.66. The van der Waals surface area contributed by atoms with Crippen LogP contribution in [0.25, 0.3) is 0 Å². The van der Waals surface area contributed by atoms with Crippen molar-refractivity contribution < 1.29 is 31.6 Å². The minimum atomic E-state index is -2.78. The summed E-state index contributed by atoms with van der Waals surface area (Å²) in [5, 5.41) is 7.08. The summed E-state index contributed by atoms with van der Waals surface area (Å²) in [6.07, 6.45) is 0.244. The first-order chi connectivity index (χ1) is 11.3. The van der Waals surface area contributed by atoms with Crippen molar-refractivity contribution in [2.45, 2.75) is 12.2 Å². The van der Waals surface area contributed by atoms with Gasteiger partial charge in [0.25, 0.3) is 12.3 Å². The van der Waals surface area contributed by atoms with Gasteiger partial charge in [-0.15, -0.1) is 16.9 Å². The van der Waals surface area contributed by atoms with Crippen molar-refractivity contribution >= 4 is 17.7 Å². The number of alkyl halides is 1. The number of amides is 1. The number of hydrogen-bond donors (Lipinski definition) is 1. The van der Waals surface area contributed by atoms with Crippen molar-refractivity contribution in [1.29, 1.82) is 0 Å². The normalized spacial score (nSPS) is 12.2. The average molecular weight is 368 g/mol. The number of halogens is 5. The summed E-state index contributed by atoms with van der Waals surface area (Å²) in [5.41, 5.74) is 0.111. The summed E-state index contributed by atoms with van der Waals surface area (Å²) < 4.78 is 67.2. The van der Waals surface area contributed by atoms with Crippen molar-refractivity contribution in [3.63, 3.8) is 0 Å². The van der Waals surface area contributed by atoms with E-state index in [-0.39, 0.29) is 11.8 Å². The molecule has 2 rings (SSSR count). The van der Waals surface area contributed by atoms with Crippen LogP contribution in [-0.4, -0.2) is 27.2 Å². The highest BCUT2D eigenvalue weighted by Gasteiger charge is 2.25. The van der Waals surface area contributed by atoms with E-state index < -0.39 is 41.1 Å². The van der Waals surface area contributed by atoms with E-state index in [1.807, 2.05) is 0 Å². The molecule has 0 bridgehead atoms. The number of nitrogens with zero attached hydrogens (tertiary/aromatic N) is 3. The number of carbonyl (C=O) groups is 1. The van der Waals surface area contributed by atoms with Gasteiger partial charge in [0.1, 0.15) is 0 Å². The first-order valence-electron chi connectivity index (χ1n) is 6.17. The van der Waals surface area contributed by atoms with Gasteiger partial charge in [-0.1, -0.05) is 5.21 Å². The maximum atomic E-state index is 13.7. The Hall–Kier alpha value is -2.21. The van der Waals surface area contributed by atoms with Gasteiger partial charge in [0.15, 0.2) is 29.0 Å². The Balaban J connectivity index is 2.05. The van der Waals surface area contributed by atoms with Gasteiger partial charge in [-0.3, -0.25) is 4.79 Å². The highest BCUT2D eigenvalue weighted by Crippen LogP contribution is 2.26. The van der Waals surface area contributed by atoms with Crippen LogP contribution in [0.4, 0.5) is 22.0 Å². The first-order valence-corrected chi connectivity index (χ1v) is 7.56. The number of aromatic nitrogens is 3. The average Bonchev–Trinajstić information content (AvgIpc) is 3.02. The summed E-state index contributed by atoms with van der Waals surface area (Å²) in [4.78, 5) is 15.8. The molecule has 6 nitrogen and oxygen atoms in total. The fraction of sp³-hybridized carbons (Fsp3) is 0.250. The fourth-order valence-electron chi connectivity index (χ4n) is 1.58. The largest absolute Gasteiger partial charge is 0.297 e. The first kappa shape index (κ1) is 18.1. The van der Waals surface area contributed by atoms with Gasteiger partial charge < -0.3 is 0 Å². The fourth-order valence-corrected chi connectivity index (χ4v) is 1.97. The van der Waals surface area contributed by atoms with Crippen LogP contribution in [0.2, 0.25) is 0 Å². The molecule has 1 heterocycles. The topological polar surface area (TPSA) is 69.0 Å². The van der Waals surface area contributed by atoms with E-state index in [4.69, 9.17) is 0 Å². The monoisotopic (exact) mass is 368 g/mol. The molecule has 1 amide bonds. The van der Waals surface area contributed by atoms with Crippen LogP contribution in [0.3, 0.4) is 0 Å². The van der Waals surface area contributed by atoms with Gasteiger partial charge in [0, 0.05) is 0 Å². The third kappa shape index (κ3) is 3.82. The zero-order valence-electron chi connectivity index (χ0n) is 11.9. The molecule has 1 aromatic heterocycles. The Kier molecular flexibility index (Phi) is 5.72. The number of rotatable bonds is 6. The van der Waals surface area contributed by atoms with Crippen molar-refractivity contribution in [2.24, 2.45) is 0 Å². The molecular weight excluding hydrogens is 359 g/mol. The molecule has 0 aliphatic rings. The lowest BCUT2D eigenvalue weighted by Crippen LogP contribution is -2.25. The van der Waals surface area contributed by atoms with E-state index in [2.05, 4.69) is 15.1 Å². The molecule has 24 heavy (non-hydrogen) atoms. The Morgan fingerprint density at radius 1 is 1.33 bits per heavy atom. The van der Waals surface area contributed by atoms with E-state index in [0.29, 0.717) is 5.88 Å². The smallest absolute Gasteiger partial charge is 0.265 e. The van der Waals surface area contributed by atoms with E-state index in [9.17, 15) is 26.7 Å². The number of hydrogen-bond acceptors (Lipinski definition) is 5. The quantitative estimate of drug-likeness (QED) is 0.367. The molecule has 1 N–H and O–H groups in total. The lowest BCUT2D eigenvalue weighted by Gasteiger charge is -2.11. The second-order valence-electron chi connectivity index (χ2n) is 4.32. The predicted octanol–water partition coefficient (Wildman–Crippen LogP) is 2.48. The SMILES string of the molecule is CSCn1cc(C(=O)NOC(F)c2cc(F)c(F)c(F)c2F)nn1. The van der Waals surface area contributed by atoms with Crippen LogP contribution in [0.5, 0.6) is 0 Å². The lowest BCUT2D eigenvalue weighted by atomic mass is 10.2. The Morgan fingerprint density at radius 3 is 2.71 bits per heavy atom. The number of nitrogens with one attached hydrogen (secondary N) is 1. The summed E-state index contributed by atoms with van der Waals surface area (Å²) >= 11 is 1.39. The van der Waals surface area contributed by atoms with Crippen LogP contribution in [0.15, 0.2) is 12.3 Å². The lowest BCUT2D eigenvalue weighted by molar-refractivity contribution is -0.0892. The van der Waals surface area contributed by atoms with Gasteiger partial charge in [0.05, 0.1) is 17.6 Å². The summed E-state index contributed by atoms with van der Waals surface area (Å²) in [7, 11) is 0. The van der Waals surface area contributed by atoms with Crippen LogP contribution in [0.1, 0.15) is 22.4 Å². The molecule has 1 unspecified atom stereocenters. The molecule has 2 aromatic rings. The van der Waals surface area contributed by atoms with Crippen molar-refractivity contribution in [3.05, 3.63) is 46.8 Å². The molecule has 0 fully saturated rings. The van der Waals surface area contributed by atoms with Crippen LogP contribution in [0, 0.1) is 23.3 Å². The Labute approximate surface area is 135 Å². The molecule has 0 spiro atoms.